The monoisotopic (exact) mass is 525 g/mol. The highest BCUT2D eigenvalue weighted by molar-refractivity contribution is 5.98. The van der Waals surface area contributed by atoms with Crippen molar-refractivity contribution in [2.75, 3.05) is 6.54 Å². The van der Waals surface area contributed by atoms with Gasteiger partial charge in [0.1, 0.15) is 5.84 Å². The Morgan fingerprint density at radius 2 is 1.64 bits per heavy atom. The maximum Gasteiger partial charge on any atom is 0.323 e. The van der Waals surface area contributed by atoms with E-state index in [1.807, 2.05) is 55.5 Å². The quantitative estimate of drug-likeness (QED) is 0.1000. The van der Waals surface area contributed by atoms with Crippen molar-refractivity contribution in [3.63, 3.8) is 0 Å². The molecule has 0 aliphatic rings. The highest BCUT2D eigenvalue weighted by Gasteiger charge is 2.17. The van der Waals surface area contributed by atoms with Gasteiger partial charge in [0, 0.05) is 25.1 Å². The first-order valence-electron chi connectivity index (χ1n) is 13.2. The molecular formula is C31H39N7O. The summed E-state index contributed by atoms with van der Waals surface area (Å²) in [5, 5.41) is 18.1. The maximum absolute atomic E-state index is 12.8. The van der Waals surface area contributed by atoms with Gasteiger partial charge in [-0.1, -0.05) is 92.7 Å². The molecule has 204 valence electrons. The van der Waals surface area contributed by atoms with E-state index in [2.05, 4.69) is 60.7 Å². The number of hydrogen-bond acceptors (Lipinski definition) is 4. The van der Waals surface area contributed by atoms with Crippen molar-refractivity contribution in [1.29, 1.82) is 10.9 Å². The zero-order valence-corrected chi connectivity index (χ0v) is 23.3. The van der Waals surface area contributed by atoms with E-state index < -0.39 is 0 Å². The zero-order valence-electron chi connectivity index (χ0n) is 23.3. The van der Waals surface area contributed by atoms with Crippen LogP contribution in [-0.2, 0) is 18.4 Å². The minimum atomic E-state index is -0.245. The van der Waals surface area contributed by atoms with Crippen LogP contribution in [0.4, 0.5) is 4.79 Å². The van der Waals surface area contributed by atoms with Crippen LogP contribution in [0.5, 0.6) is 0 Å². The van der Waals surface area contributed by atoms with Crippen molar-refractivity contribution in [1.82, 2.24) is 10.2 Å². The van der Waals surface area contributed by atoms with Crippen molar-refractivity contribution in [2.45, 2.75) is 58.9 Å². The Bertz CT molecular complexity index is 1320. The first-order valence-corrected chi connectivity index (χ1v) is 13.2. The second-order valence-corrected chi connectivity index (χ2v) is 10.5. The van der Waals surface area contributed by atoms with E-state index in [4.69, 9.17) is 16.7 Å². The number of carbonyl (C=O) groups is 1. The zero-order chi connectivity index (χ0) is 28.4. The lowest BCUT2D eigenvalue weighted by Crippen LogP contribution is -2.43. The van der Waals surface area contributed by atoms with Gasteiger partial charge in [0.25, 0.3) is 0 Å². The number of rotatable bonds is 10. The molecule has 0 spiro atoms. The van der Waals surface area contributed by atoms with E-state index in [1.165, 1.54) is 10.5 Å². The van der Waals surface area contributed by atoms with Crippen LogP contribution in [-0.4, -0.2) is 29.1 Å². The molecule has 0 aliphatic heterocycles. The molecule has 3 aromatic rings. The van der Waals surface area contributed by atoms with E-state index in [0.717, 1.165) is 35.1 Å². The van der Waals surface area contributed by atoms with Crippen molar-refractivity contribution >= 4 is 17.7 Å². The molecule has 0 aliphatic carbocycles. The summed E-state index contributed by atoms with van der Waals surface area (Å²) in [4.78, 5) is 14.3. The lowest BCUT2D eigenvalue weighted by Gasteiger charge is -2.22. The Morgan fingerprint density at radius 1 is 0.974 bits per heavy atom. The maximum atomic E-state index is 12.8. The summed E-state index contributed by atoms with van der Waals surface area (Å²) < 4.78 is 0. The number of amides is 2. The van der Waals surface area contributed by atoms with Crippen LogP contribution in [0.2, 0.25) is 0 Å². The fourth-order valence-corrected chi connectivity index (χ4v) is 4.32. The van der Waals surface area contributed by atoms with Crippen molar-refractivity contribution in [3.8, 4) is 11.1 Å². The van der Waals surface area contributed by atoms with Gasteiger partial charge in [-0.3, -0.25) is 10.3 Å². The van der Waals surface area contributed by atoms with E-state index >= 15 is 0 Å². The molecular weight excluding hydrogens is 486 g/mol. The Balaban J connectivity index is 1.54. The third-order valence-corrected chi connectivity index (χ3v) is 6.61. The fraction of sp³-hybridized carbons (Fsp3) is 0.323. The minimum Gasteiger partial charge on any atom is -0.382 e. The third kappa shape index (κ3) is 8.33. The van der Waals surface area contributed by atoms with Gasteiger partial charge in [-0.2, -0.15) is 5.53 Å². The molecule has 0 fully saturated rings. The molecule has 0 radical (unpaired) electrons. The van der Waals surface area contributed by atoms with Crippen LogP contribution in [0.15, 0.2) is 83.1 Å². The van der Waals surface area contributed by atoms with Crippen molar-refractivity contribution in [3.05, 3.63) is 95.1 Å². The van der Waals surface area contributed by atoms with Gasteiger partial charge in [0.2, 0.25) is 0 Å². The SMILES string of the molecule is CCN(C(=N)CCCc1cccc(-c2cccc(/C(N)=N/N=N)c2)c1)C(=O)NCc1ccc(C(C)(C)C)cc1. The predicted octanol–water partition coefficient (Wildman–Crippen LogP) is 6.83. The topological polar surface area (TPSA) is 131 Å². The molecule has 0 bridgehead atoms. The summed E-state index contributed by atoms with van der Waals surface area (Å²) in [6, 6.07) is 24.0. The second-order valence-electron chi connectivity index (χ2n) is 10.5. The van der Waals surface area contributed by atoms with Crippen LogP contribution in [0.3, 0.4) is 0 Å². The van der Waals surface area contributed by atoms with Gasteiger partial charge in [-0.25, -0.2) is 4.79 Å². The number of nitrogens with one attached hydrogen (secondary N) is 3. The number of nitrogens with two attached hydrogens (primary N) is 1. The standard InChI is InChI=1S/C31H39N7O/c1-5-38(30(39)35-21-23-15-17-27(18-16-23)31(2,3)4)28(32)14-7-10-22-9-6-11-24(19-22)25-12-8-13-26(20-25)29(33)36-37-34/h6,8-9,11-13,15-20,32H,5,7,10,14,21H2,1-4H3,(H,35,39)(H3,33,34,36). The van der Waals surface area contributed by atoms with E-state index in [9.17, 15) is 4.79 Å². The summed E-state index contributed by atoms with van der Waals surface area (Å²) >= 11 is 0. The van der Waals surface area contributed by atoms with Crippen LogP contribution >= 0.6 is 0 Å². The molecule has 0 heterocycles. The number of carbonyl (C=O) groups excluding carboxylic acids is 1. The predicted molar refractivity (Wildman–Crippen MR) is 158 cm³/mol. The Kier molecular flexibility index (Phi) is 10.1. The highest BCUT2D eigenvalue weighted by Crippen LogP contribution is 2.23. The highest BCUT2D eigenvalue weighted by atomic mass is 16.2. The number of amidine groups is 2. The summed E-state index contributed by atoms with van der Waals surface area (Å²) in [7, 11) is 0. The average Bonchev–Trinajstić information content (AvgIpc) is 2.92. The van der Waals surface area contributed by atoms with Crippen LogP contribution in [0, 0.1) is 10.9 Å². The molecule has 0 atom stereocenters. The largest absolute Gasteiger partial charge is 0.382 e. The molecule has 8 heteroatoms. The van der Waals surface area contributed by atoms with Crippen LogP contribution in [0.1, 0.15) is 62.8 Å². The number of aryl methyl sites for hydroxylation is 1. The second kappa shape index (κ2) is 13.5. The van der Waals surface area contributed by atoms with Gasteiger partial charge >= 0.3 is 6.03 Å². The molecule has 8 nitrogen and oxygen atoms in total. The molecule has 2 amide bonds. The van der Waals surface area contributed by atoms with Crippen molar-refractivity contribution < 1.29 is 4.79 Å². The number of nitrogens with zero attached hydrogens (tertiary/aromatic N) is 3. The first-order chi connectivity index (χ1) is 18.6. The minimum absolute atomic E-state index is 0.0888. The first kappa shape index (κ1) is 29.2. The van der Waals surface area contributed by atoms with E-state index in [1.54, 1.807) is 0 Å². The Hall–Kier alpha value is -4.33. The van der Waals surface area contributed by atoms with E-state index in [-0.39, 0.29) is 17.3 Å². The molecule has 0 unspecified atom stereocenters. The molecule has 39 heavy (non-hydrogen) atoms. The van der Waals surface area contributed by atoms with Crippen LogP contribution in [0.25, 0.3) is 11.1 Å². The van der Waals surface area contributed by atoms with Crippen LogP contribution < -0.4 is 11.1 Å². The lowest BCUT2D eigenvalue weighted by atomic mass is 9.87. The smallest absolute Gasteiger partial charge is 0.323 e. The normalized spacial score (nSPS) is 11.6. The molecule has 3 rings (SSSR count). The number of urea groups is 1. The van der Waals surface area contributed by atoms with E-state index in [0.29, 0.717) is 30.9 Å². The molecule has 0 saturated heterocycles. The molecule has 3 aromatic carbocycles. The van der Waals surface area contributed by atoms with Gasteiger partial charge < -0.3 is 11.1 Å². The lowest BCUT2D eigenvalue weighted by molar-refractivity contribution is 0.221. The number of hydrogen-bond donors (Lipinski definition) is 4. The van der Waals surface area contributed by atoms with Crippen molar-refractivity contribution in [2.24, 2.45) is 16.1 Å². The number of benzene rings is 3. The van der Waals surface area contributed by atoms with Gasteiger partial charge in [-0.05, 0) is 59.1 Å². The summed E-state index contributed by atoms with van der Waals surface area (Å²) in [5.41, 5.74) is 19.0. The summed E-state index contributed by atoms with van der Waals surface area (Å²) in [6.45, 7) is 9.29. The average molecular weight is 526 g/mol. The fourth-order valence-electron chi connectivity index (χ4n) is 4.32. The third-order valence-electron chi connectivity index (χ3n) is 6.61. The molecule has 0 saturated carbocycles. The summed E-state index contributed by atoms with van der Waals surface area (Å²) in [5.74, 6) is 0.515. The summed E-state index contributed by atoms with van der Waals surface area (Å²) in [6.07, 6.45) is 2.05. The Morgan fingerprint density at radius 3 is 2.28 bits per heavy atom. The van der Waals surface area contributed by atoms with Gasteiger partial charge in [0.15, 0.2) is 5.84 Å². The van der Waals surface area contributed by atoms with Gasteiger partial charge in [-0.15, -0.1) is 5.10 Å². The molecule has 5 N–H and O–H groups in total. The van der Waals surface area contributed by atoms with Gasteiger partial charge in [0.05, 0.1) is 0 Å². The molecule has 0 aromatic heterocycles. The Labute approximate surface area is 231 Å².